The second-order valence-corrected chi connectivity index (χ2v) is 3.44. The molecule has 2 rings (SSSR count). The van der Waals surface area contributed by atoms with Crippen LogP contribution in [0, 0.1) is 0 Å². The summed E-state index contributed by atoms with van der Waals surface area (Å²) >= 11 is 0. The zero-order chi connectivity index (χ0) is 9.80. The first-order valence-corrected chi connectivity index (χ1v) is 4.81. The van der Waals surface area contributed by atoms with Crippen LogP contribution in [0.5, 0.6) is 0 Å². The van der Waals surface area contributed by atoms with E-state index in [-0.39, 0.29) is 12.7 Å². The fourth-order valence-electron chi connectivity index (χ4n) is 1.55. The highest BCUT2D eigenvalue weighted by Crippen LogP contribution is 2.10. The highest BCUT2D eigenvalue weighted by molar-refractivity contribution is 5.15. The number of halogens is 1. The Balaban J connectivity index is 1.87. The smallest absolute Gasteiger partial charge is 0.189 e. The minimum atomic E-state index is -1.12. The SMILES string of the molecule is FC1COC(Cc2ccccc2)C[N]1. The van der Waals surface area contributed by atoms with Gasteiger partial charge in [-0.3, -0.25) is 0 Å². The van der Waals surface area contributed by atoms with Crippen LogP contribution in [0.3, 0.4) is 0 Å². The monoisotopic (exact) mass is 194 g/mol. The molecule has 0 spiro atoms. The first-order valence-electron chi connectivity index (χ1n) is 4.81. The predicted molar refractivity (Wildman–Crippen MR) is 51.8 cm³/mol. The Morgan fingerprint density at radius 2 is 2.14 bits per heavy atom. The van der Waals surface area contributed by atoms with Gasteiger partial charge in [0.15, 0.2) is 6.30 Å². The van der Waals surface area contributed by atoms with E-state index in [1.54, 1.807) is 0 Å². The number of benzene rings is 1. The molecule has 0 bridgehead atoms. The summed E-state index contributed by atoms with van der Waals surface area (Å²) in [6.07, 6.45) is -0.261. The molecule has 1 radical (unpaired) electrons. The summed E-state index contributed by atoms with van der Waals surface area (Å²) in [6, 6.07) is 10.1. The molecular weight excluding hydrogens is 181 g/mol. The van der Waals surface area contributed by atoms with Crippen LogP contribution in [0.2, 0.25) is 0 Å². The molecule has 3 heteroatoms. The van der Waals surface area contributed by atoms with E-state index >= 15 is 0 Å². The van der Waals surface area contributed by atoms with E-state index in [1.807, 2.05) is 30.3 Å². The molecule has 2 unspecified atom stereocenters. The lowest BCUT2D eigenvalue weighted by Gasteiger charge is -2.24. The average Bonchev–Trinajstić information content (AvgIpc) is 2.23. The quantitative estimate of drug-likeness (QED) is 0.655. The first kappa shape index (κ1) is 9.62. The summed E-state index contributed by atoms with van der Waals surface area (Å²) in [6.45, 7) is 0.577. The summed E-state index contributed by atoms with van der Waals surface area (Å²) < 4.78 is 17.9. The number of morpholine rings is 1. The Morgan fingerprint density at radius 3 is 2.79 bits per heavy atom. The number of ether oxygens (including phenoxy) is 1. The molecule has 1 heterocycles. The third kappa shape index (κ3) is 2.53. The van der Waals surface area contributed by atoms with Crippen LogP contribution < -0.4 is 5.32 Å². The lowest BCUT2D eigenvalue weighted by atomic mass is 10.1. The van der Waals surface area contributed by atoms with E-state index in [9.17, 15) is 4.39 Å². The van der Waals surface area contributed by atoms with Gasteiger partial charge in [-0.2, -0.15) is 0 Å². The van der Waals surface area contributed by atoms with Gasteiger partial charge in [-0.25, -0.2) is 9.71 Å². The number of rotatable bonds is 2. The minimum absolute atomic E-state index is 0.0457. The van der Waals surface area contributed by atoms with Gasteiger partial charge in [0.25, 0.3) is 0 Å². The molecule has 0 amide bonds. The molecule has 1 aromatic carbocycles. The normalized spacial score (nSPS) is 27.5. The van der Waals surface area contributed by atoms with Crippen molar-refractivity contribution in [1.29, 1.82) is 0 Å². The first-order chi connectivity index (χ1) is 6.84. The highest BCUT2D eigenvalue weighted by Gasteiger charge is 2.21. The second kappa shape index (κ2) is 4.53. The van der Waals surface area contributed by atoms with Crippen molar-refractivity contribution in [2.45, 2.75) is 18.8 Å². The molecule has 0 saturated carbocycles. The van der Waals surface area contributed by atoms with Gasteiger partial charge in [0.2, 0.25) is 0 Å². The largest absolute Gasteiger partial charge is 0.372 e. The van der Waals surface area contributed by atoms with Crippen molar-refractivity contribution in [2.75, 3.05) is 13.2 Å². The van der Waals surface area contributed by atoms with Crippen molar-refractivity contribution in [3.63, 3.8) is 0 Å². The van der Waals surface area contributed by atoms with Crippen LogP contribution in [0.25, 0.3) is 0 Å². The Hall–Kier alpha value is -0.930. The maximum Gasteiger partial charge on any atom is 0.189 e. The molecule has 2 atom stereocenters. The van der Waals surface area contributed by atoms with Gasteiger partial charge in [-0.05, 0) is 12.0 Å². The summed E-state index contributed by atoms with van der Waals surface area (Å²) in [4.78, 5) is 0. The molecule has 1 aliphatic rings. The standard InChI is InChI=1S/C11H13FNO/c12-11-8-14-10(7-13-11)6-9-4-2-1-3-5-9/h1-5,10-11H,6-8H2. The second-order valence-electron chi connectivity index (χ2n) is 3.44. The van der Waals surface area contributed by atoms with Crippen molar-refractivity contribution >= 4 is 0 Å². The van der Waals surface area contributed by atoms with Crippen LogP contribution in [0.1, 0.15) is 5.56 Å². The fourth-order valence-corrected chi connectivity index (χ4v) is 1.55. The molecule has 1 aliphatic heterocycles. The molecule has 0 aliphatic carbocycles. The molecule has 14 heavy (non-hydrogen) atoms. The third-order valence-electron chi connectivity index (χ3n) is 2.28. The zero-order valence-corrected chi connectivity index (χ0v) is 7.90. The summed E-state index contributed by atoms with van der Waals surface area (Å²) in [7, 11) is 0. The van der Waals surface area contributed by atoms with Crippen LogP contribution in [0.15, 0.2) is 30.3 Å². The number of alkyl halides is 1. The van der Waals surface area contributed by atoms with E-state index in [0.29, 0.717) is 6.54 Å². The van der Waals surface area contributed by atoms with Gasteiger partial charge in [-0.1, -0.05) is 30.3 Å². The van der Waals surface area contributed by atoms with Crippen LogP contribution in [-0.2, 0) is 11.2 Å². The third-order valence-corrected chi connectivity index (χ3v) is 2.28. The van der Waals surface area contributed by atoms with E-state index in [0.717, 1.165) is 6.42 Å². The van der Waals surface area contributed by atoms with Gasteiger partial charge < -0.3 is 4.74 Å². The van der Waals surface area contributed by atoms with E-state index in [1.165, 1.54) is 5.56 Å². The highest BCUT2D eigenvalue weighted by atomic mass is 19.1. The topological polar surface area (TPSA) is 23.3 Å². The predicted octanol–water partition coefficient (Wildman–Crippen LogP) is 1.53. The van der Waals surface area contributed by atoms with Gasteiger partial charge in [0, 0.05) is 6.54 Å². The number of hydrogen-bond donors (Lipinski definition) is 0. The maximum absolute atomic E-state index is 12.6. The number of hydrogen-bond acceptors (Lipinski definition) is 1. The lowest BCUT2D eigenvalue weighted by Crippen LogP contribution is -2.40. The Labute approximate surface area is 83.1 Å². The van der Waals surface area contributed by atoms with E-state index < -0.39 is 6.30 Å². The van der Waals surface area contributed by atoms with Crippen molar-refractivity contribution < 1.29 is 9.13 Å². The fraction of sp³-hybridized carbons (Fsp3) is 0.455. The van der Waals surface area contributed by atoms with E-state index in [4.69, 9.17) is 4.74 Å². The Bertz CT molecular complexity index is 270. The maximum atomic E-state index is 12.6. The molecule has 2 nitrogen and oxygen atoms in total. The van der Waals surface area contributed by atoms with Crippen LogP contribution in [-0.4, -0.2) is 25.6 Å². The molecule has 1 fully saturated rings. The molecule has 75 valence electrons. The Morgan fingerprint density at radius 1 is 1.36 bits per heavy atom. The molecule has 1 aromatic rings. The lowest BCUT2D eigenvalue weighted by molar-refractivity contribution is -0.0317. The minimum Gasteiger partial charge on any atom is -0.372 e. The van der Waals surface area contributed by atoms with Gasteiger partial charge in [0.1, 0.15) is 0 Å². The summed E-state index contributed by atoms with van der Waals surface area (Å²) in [5.74, 6) is 0. The number of nitrogens with zero attached hydrogens (tertiary/aromatic N) is 1. The summed E-state index contributed by atoms with van der Waals surface area (Å²) in [5, 5.41) is 3.82. The van der Waals surface area contributed by atoms with Crippen LogP contribution in [0.4, 0.5) is 4.39 Å². The van der Waals surface area contributed by atoms with Gasteiger partial charge in [0.05, 0.1) is 12.7 Å². The summed E-state index contributed by atoms with van der Waals surface area (Å²) in [5.41, 5.74) is 1.21. The molecular formula is C11H13FNO. The van der Waals surface area contributed by atoms with Crippen LogP contribution >= 0.6 is 0 Å². The van der Waals surface area contributed by atoms with Crippen molar-refractivity contribution in [1.82, 2.24) is 5.32 Å². The van der Waals surface area contributed by atoms with Crippen molar-refractivity contribution in [3.8, 4) is 0 Å². The zero-order valence-electron chi connectivity index (χ0n) is 7.90. The molecule has 0 N–H and O–H groups in total. The molecule has 0 aromatic heterocycles. The van der Waals surface area contributed by atoms with Crippen molar-refractivity contribution in [2.24, 2.45) is 0 Å². The molecule has 1 saturated heterocycles. The van der Waals surface area contributed by atoms with Gasteiger partial charge in [-0.15, -0.1) is 0 Å². The average molecular weight is 194 g/mol. The van der Waals surface area contributed by atoms with Crippen molar-refractivity contribution in [3.05, 3.63) is 35.9 Å². The van der Waals surface area contributed by atoms with E-state index in [2.05, 4.69) is 5.32 Å². The van der Waals surface area contributed by atoms with Gasteiger partial charge >= 0.3 is 0 Å². The Kier molecular flexibility index (Phi) is 3.11.